The minimum atomic E-state index is 0.427. The van der Waals surface area contributed by atoms with Crippen molar-refractivity contribution in [1.82, 2.24) is 0 Å². The molecule has 26 heavy (non-hydrogen) atoms. The van der Waals surface area contributed by atoms with Gasteiger partial charge in [-0.3, -0.25) is 4.79 Å². The van der Waals surface area contributed by atoms with Crippen LogP contribution in [0.1, 0.15) is 10.4 Å². The fourth-order valence-electron chi connectivity index (χ4n) is 3.65. The Morgan fingerprint density at radius 3 is 2.00 bits per heavy atom. The maximum Gasteiger partial charge on any atom is 0.157 e. The number of benzene rings is 4. The molecule has 0 unspecified atom stereocenters. The van der Waals surface area contributed by atoms with Crippen LogP contribution in [0.25, 0.3) is 32.7 Å². The first kappa shape index (κ1) is 16.2. The molecule has 0 N–H and O–H groups in total. The molecule has 0 saturated carbocycles. The summed E-state index contributed by atoms with van der Waals surface area (Å²) in [5.74, 6) is 1.07. The normalized spacial score (nSPS) is 10.8. The summed E-state index contributed by atoms with van der Waals surface area (Å²) in [5.41, 5.74) is 2.36. The average Bonchev–Trinajstić information content (AvgIpc) is 2.71. The molecule has 0 atom stereocenters. The van der Waals surface area contributed by atoms with Crippen molar-refractivity contribution in [2.24, 2.45) is 0 Å². The molecule has 0 fully saturated rings. The van der Waals surface area contributed by atoms with Gasteiger partial charge in [-0.05, 0) is 21.7 Å². The van der Waals surface area contributed by atoms with Gasteiger partial charge in [-0.1, -0.05) is 66.7 Å². The highest BCUT2D eigenvalue weighted by Crippen LogP contribution is 2.46. The summed E-state index contributed by atoms with van der Waals surface area (Å²) < 4.78 is 11.3. The topological polar surface area (TPSA) is 35.5 Å². The second-order valence-electron chi connectivity index (χ2n) is 6.05. The smallest absolute Gasteiger partial charge is 0.157 e. The van der Waals surface area contributed by atoms with Crippen molar-refractivity contribution in [2.75, 3.05) is 14.2 Å². The maximum absolute atomic E-state index is 11.9. The molecular weight excluding hydrogens is 324 g/mol. The highest BCUT2D eigenvalue weighted by atomic mass is 16.5. The van der Waals surface area contributed by atoms with Gasteiger partial charge in [-0.15, -0.1) is 0 Å². The average molecular weight is 342 g/mol. The lowest BCUT2D eigenvalue weighted by atomic mass is 9.90. The van der Waals surface area contributed by atoms with Gasteiger partial charge in [0.1, 0.15) is 11.5 Å². The molecule has 128 valence electrons. The highest BCUT2D eigenvalue weighted by Gasteiger charge is 2.22. The second-order valence-corrected chi connectivity index (χ2v) is 6.05. The van der Waals surface area contributed by atoms with Gasteiger partial charge in [-0.2, -0.15) is 0 Å². The van der Waals surface area contributed by atoms with Crippen LogP contribution in [0.5, 0.6) is 11.5 Å². The molecule has 0 aromatic heterocycles. The zero-order chi connectivity index (χ0) is 18.1. The van der Waals surface area contributed by atoms with E-state index in [4.69, 9.17) is 9.47 Å². The van der Waals surface area contributed by atoms with Gasteiger partial charge in [0.15, 0.2) is 6.29 Å². The van der Waals surface area contributed by atoms with Crippen LogP contribution in [0, 0.1) is 0 Å². The van der Waals surface area contributed by atoms with E-state index in [9.17, 15) is 4.79 Å². The summed E-state index contributed by atoms with van der Waals surface area (Å²) in [6, 6.07) is 22.3. The first-order chi connectivity index (χ1) is 12.8. The lowest BCUT2D eigenvalue weighted by Gasteiger charge is -2.19. The third-order valence-electron chi connectivity index (χ3n) is 4.74. The van der Waals surface area contributed by atoms with E-state index in [1.807, 2.05) is 42.5 Å². The van der Waals surface area contributed by atoms with E-state index in [0.717, 1.165) is 39.0 Å². The standard InChI is InChI=1S/C23H18O3/c1-25-22-19-12-6-5-11-18(19)21(23(26-2)20(22)14-24)17-13-7-9-15-8-3-4-10-16(15)17/h3-14H,1-2H3. The van der Waals surface area contributed by atoms with Crippen LogP contribution >= 0.6 is 0 Å². The predicted octanol–water partition coefficient (Wildman–Crippen LogP) is 5.49. The minimum absolute atomic E-state index is 0.427. The van der Waals surface area contributed by atoms with Crippen LogP contribution < -0.4 is 9.47 Å². The third kappa shape index (κ3) is 2.32. The van der Waals surface area contributed by atoms with Gasteiger partial charge in [-0.25, -0.2) is 0 Å². The quantitative estimate of drug-likeness (QED) is 0.460. The van der Waals surface area contributed by atoms with Crippen molar-refractivity contribution in [3.05, 3.63) is 72.3 Å². The van der Waals surface area contributed by atoms with Crippen LogP contribution in [-0.2, 0) is 0 Å². The molecule has 3 nitrogen and oxygen atoms in total. The zero-order valence-electron chi connectivity index (χ0n) is 14.7. The van der Waals surface area contributed by atoms with E-state index in [-0.39, 0.29) is 0 Å². The van der Waals surface area contributed by atoms with E-state index in [1.54, 1.807) is 14.2 Å². The summed E-state index contributed by atoms with van der Waals surface area (Å²) >= 11 is 0. The third-order valence-corrected chi connectivity index (χ3v) is 4.74. The molecule has 0 saturated heterocycles. The van der Waals surface area contributed by atoms with Crippen molar-refractivity contribution >= 4 is 27.8 Å². The van der Waals surface area contributed by atoms with Crippen molar-refractivity contribution < 1.29 is 14.3 Å². The van der Waals surface area contributed by atoms with Crippen molar-refractivity contribution in [1.29, 1.82) is 0 Å². The molecule has 0 amide bonds. The van der Waals surface area contributed by atoms with Crippen molar-refractivity contribution in [2.45, 2.75) is 0 Å². The molecular formula is C23H18O3. The Hall–Kier alpha value is -3.33. The molecule has 0 bridgehead atoms. The minimum Gasteiger partial charge on any atom is -0.495 e. The monoisotopic (exact) mass is 342 g/mol. The zero-order valence-corrected chi connectivity index (χ0v) is 14.7. The number of methoxy groups -OCH3 is 2. The number of carbonyl (C=O) groups excluding carboxylic acids is 1. The Labute approximate surface area is 151 Å². The van der Waals surface area contributed by atoms with Gasteiger partial charge in [0.05, 0.1) is 19.8 Å². The fraction of sp³-hybridized carbons (Fsp3) is 0.0870. The Morgan fingerprint density at radius 2 is 1.31 bits per heavy atom. The van der Waals surface area contributed by atoms with Gasteiger partial charge in [0.2, 0.25) is 0 Å². The Bertz CT molecular complexity index is 1120. The molecule has 4 aromatic carbocycles. The predicted molar refractivity (Wildman–Crippen MR) is 105 cm³/mol. The number of rotatable bonds is 4. The van der Waals surface area contributed by atoms with Crippen LogP contribution in [0.3, 0.4) is 0 Å². The summed E-state index contributed by atoms with van der Waals surface area (Å²) in [7, 11) is 3.16. The molecule has 0 spiro atoms. The molecule has 4 aromatic rings. The van der Waals surface area contributed by atoms with E-state index in [0.29, 0.717) is 17.1 Å². The number of fused-ring (bicyclic) bond motifs is 2. The maximum atomic E-state index is 11.9. The van der Waals surface area contributed by atoms with Crippen LogP contribution in [0.15, 0.2) is 66.7 Å². The van der Waals surface area contributed by atoms with Crippen molar-refractivity contribution in [3.63, 3.8) is 0 Å². The summed E-state index contributed by atoms with van der Waals surface area (Å²) in [6.45, 7) is 0. The Morgan fingerprint density at radius 1 is 0.692 bits per heavy atom. The Kier molecular flexibility index (Phi) is 4.05. The van der Waals surface area contributed by atoms with E-state index < -0.39 is 0 Å². The molecule has 0 heterocycles. The summed E-state index contributed by atoms with van der Waals surface area (Å²) in [4.78, 5) is 11.9. The van der Waals surface area contributed by atoms with Gasteiger partial charge in [0.25, 0.3) is 0 Å². The number of hydrogen-bond acceptors (Lipinski definition) is 3. The number of aldehydes is 1. The van der Waals surface area contributed by atoms with Gasteiger partial charge >= 0.3 is 0 Å². The lowest BCUT2D eigenvalue weighted by molar-refractivity contribution is 0.111. The van der Waals surface area contributed by atoms with E-state index >= 15 is 0 Å². The fourth-order valence-corrected chi connectivity index (χ4v) is 3.65. The van der Waals surface area contributed by atoms with Crippen molar-refractivity contribution in [3.8, 4) is 22.6 Å². The van der Waals surface area contributed by atoms with E-state index in [1.165, 1.54) is 0 Å². The molecule has 0 aliphatic heterocycles. The Balaban J connectivity index is 2.24. The van der Waals surface area contributed by atoms with Crippen LogP contribution in [-0.4, -0.2) is 20.5 Å². The number of carbonyl (C=O) groups is 1. The number of ether oxygens (including phenoxy) is 2. The molecule has 4 rings (SSSR count). The molecule has 3 heteroatoms. The number of hydrogen-bond donors (Lipinski definition) is 0. The van der Waals surface area contributed by atoms with Crippen LogP contribution in [0.2, 0.25) is 0 Å². The lowest BCUT2D eigenvalue weighted by Crippen LogP contribution is -2.00. The molecule has 0 aliphatic carbocycles. The largest absolute Gasteiger partial charge is 0.495 e. The molecule has 0 aliphatic rings. The molecule has 0 radical (unpaired) electrons. The first-order valence-electron chi connectivity index (χ1n) is 8.40. The van der Waals surface area contributed by atoms with E-state index in [2.05, 4.69) is 24.3 Å². The van der Waals surface area contributed by atoms with Gasteiger partial charge < -0.3 is 9.47 Å². The highest BCUT2D eigenvalue weighted by molar-refractivity contribution is 6.13. The summed E-state index contributed by atoms with van der Waals surface area (Å²) in [5, 5.41) is 4.13. The SMILES string of the molecule is COc1c(C=O)c(OC)c2ccccc2c1-c1cccc2ccccc12. The first-order valence-corrected chi connectivity index (χ1v) is 8.40. The van der Waals surface area contributed by atoms with Gasteiger partial charge in [0, 0.05) is 10.9 Å². The second kappa shape index (κ2) is 6.52. The summed E-state index contributed by atoms with van der Waals surface area (Å²) in [6.07, 6.45) is 0.804. The van der Waals surface area contributed by atoms with Crippen LogP contribution in [0.4, 0.5) is 0 Å².